The molecule has 0 aliphatic carbocycles. The van der Waals surface area contributed by atoms with Gasteiger partial charge in [-0.1, -0.05) is 48.0 Å². The van der Waals surface area contributed by atoms with Crippen LogP contribution in [0.25, 0.3) is 0 Å². The maximum Gasteiger partial charge on any atom is 0.232 e. The Balaban J connectivity index is 1.44. The van der Waals surface area contributed by atoms with Crippen molar-refractivity contribution in [2.24, 2.45) is 0 Å². The monoisotopic (exact) mass is 356 g/mol. The molecule has 0 saturated carbocycles. The fourth-order valence-electron chi connectivity index (χ4n) is 3.06. The normalized spacial score (nSPS) is 13.2. The zero-order chi connectivity index (χ0) is 17.6. The van der Waals surface area contributed by atoms with E-state index in [0.717, 1.165) is 12.0 Å². The van der Waals surface area contributed by atoms with E-state index in [9.17, 15) is 9.59 Å². The predicted molar refractivity (Wildman–Crippen MR) is 98.3 cm³/mol. The van der Waals surface area contributed by atoms with Gasteiger partial charge in [-0.05, 0) is 41.7 Å². The van der Waals surface area contributed by atoms with Crippen LogP contribution < -0.4 is 5.32 Å². The molecule has 25 heavy (non-hydrogen) atoms. The highest BCUT2D eigenvalue weighted by atomic mass is 35.5. The summed E-state index contributed by atoms with van der Waals surface area (Å²) in [5.41, 5.74) is 3.52. The lowest BCUT2D eigenvalue weighted by atomic mass is 10.00. The number of carbonyl (C=O) groups excluding carboxylic acids is 2. The number of rotatable bonds is 5. The van der Waals surface area contributed by atoms with Crippen LogP contribution >= 0.6 is 11.6 Å². The van der Waals surface area contributed by atoms with E-state index in [0.29, 0.717) is 31.1 Å². The van der Waals surface area contributed by atoms with Crippen LogP contribution in [0, 0.1) is 0 Å². The summed E-state index contributed by atoms with van der Waals surface area (Å²) in [5, 5.41) is 3.49. The fraction of sp³-hybridized carbons (Fsp3) is 0.300. The van der Waals surface area contributed by atoms with Crippen molar-refractivity contribution in [1.29, 1.82) is 0 Å². The quantitative estimate of drug-likeness (QED) is 0.837. The molecule has 1 heterocycles. The minimum Gasteiger partial charge on any atom is -0.355 e. The third-order valence-corrected chi connectivity index (χ3v) is 4.66. The zero-order valence-electron chi connectivity index (χ0n) is 14.0. The summed E-state index contributed by atoms with van der Waals surface area (Å²) in [7, 11) is 0. The van der Waals surface area contributed by atoms with E-state index in [1.165, 1.54) is 11.1 Å². The molecule has 1 aliphatic rings. The summed E-state index contributed by atoms with van der Waals surface area (Å²) >= 11 is 5.94. The minimum absolute atomic E-state index is 0.0995. The first-order chi connectivity index (χ1) is 12.1. The largest absolute Gasteiger partial charge is 0.355 e. The fourth-order valence-corrected chi connectivity index (χ4v) is 3.27. The van der Waals surface area contributed by atoms with Crippen LogP contribution in [0.4, 0.5) is 0 Å². The van der Waals surface area contributed by atoms with Gasteiger partial charge in [0.25, 0.3) is 0 Å². The number of halogens is 1. The van der Waals surface area contributed by atoms with Crippen molar-refractivity contribution < 1.29 is 9.59 Å². The number of hydrogen-bond donors (Lipinski definition) is 1. The van der Waals surface area contributed by atoms with E-state index in [1.807, 2.05) is 42.5 Å². The highest BCUT2D eigenvalue weighted by Gasteiger charge is 2.21. The summed E-state index contributed by atoms with van der Waals surface area (Å²) in [4.78, 5) is 26.1. The summed E-state index contributed by atoms with van der Waals surface area (Å²) in [6.07, 6.45) is 1.44. The summed E-state index contributed by atoms with van der Waals surface area (Å²) < 4.78 is 0. The van der Waals surface area contributed by atoms with E-state index in [2.05, 4.69) is 11.4 Å². The highest BCUT2D eigenvalue weighted by Crippen LogP contribution is 2.19. The Bertz CT molecular complexity index is 776. The molecule has 0 radical (unpaired) electrons. The molecule has 0 bridgehead atoms. The van der Waals surface area contributed by atoms with Gasteiger partial charge < -0.3 is 10.2 Å². The van der Waals surface area contributed by atoms with Crippen LogP contribution in [-0.2, 0) is 29.0 Å². The molecule has 0 saturated heterocycles. The van der Waals surface area contributed by atoms with Crippen molar-refractivity contribution in [2.45, 2.75) is 25.8 Å². The topological polar surface area (TPSA) is 49.4 Å². The number of carbonyl (C=O) groups is 2. The van der Waals surface area contributed by atoms with Gasteiger partial charge in [-0.15, -0.1) is 0 Å². The Morgan fingerprint density at radius 1 is 1.08 bits per heavy atom. The number of fused-ring (bicyclic) bond motifs is 1. The molecule has 0 fully saturated rings. The summed E-state index contributed by atoms with van der Waals surface area (Å²) in [6, 6.07) is 15.7. The second-order valence-corrected chi connectivity index (χ2v) is 6.68. The van der Waals surface area contributed by atoms with Crippen molar-refractivity contribution in [2.75, 3.05) is 13.1 Å². The second kappa shape index (κ2) is 8.17. The molecule has 130 valence electrons. The highest BCUT2D eigenvalue weighted by molar-refractivity contribution is 6.30. The van der Waals surface area contributed by atoms with Crippen molar-refractivity contribution in [3.8, 4) is 0 Å². The van der Waals surface area contributed by atoms with Gasteiger partial charge in [0.2, 0.25) is 11.8 Å². The second-order valence-electron chi connectivity index (χ2n) is 6.24. The van der Waals surface area contributed by atoms with Crippen molar-refractivity contribution in [3.05, 3.63) is 70.2 Å². The number of nitrogens with zero attached hydrogens (tertiary/aromatic N) is 1. The Morgan fingerprint density at radius 2 is 1.88 bits per heavy atom. The minimum atomic E-state index is -0.231. The van der Waals surface area contributed by atoms with Crippen LogP contribution in [0.2, 0.25) is 5.02 Å². The maximum absolute atomic E-state index is 12.3. The average molecular weight is 357 g/mol. The van der Waals surface area contributed by atoms with Crippen LogP contribution in [0.15, 0.2) is 48.5 Å². The predicted octanol–water partition coefficient (Wildman–Crippen LogP) is 2.97. The Labute approximate surface area is 152 Å². The molecule has 0 spiro atoms. The maximum atomic E-state index is 12.3. The van der Waals surface area contributed by atoms with Gasteiger partial charge in [-0.3, -0.25) is 9.59 Å². The molecular formula is C20H21ClN2O2. The van der Waals surface area contributed by atoms with Gasteiger partial charge in [-0.2, -0.15) is 0 Å². The lowest BCUT2D eigenvalue weighted by Gasteiger charge is -2.28. The first-order valence-corrected chi connectivity index (χ1v) is 8.85. The Morgan fingerprint density at radius 3 is 2.68 bits per heavy atom. The molecular weight excluding hydrogens is 336 g/mol. The lowest BCUT2D eigenvalue weighted by molar-refractivity contribution is -0.136. The summed E-state index contributed by atoms with van der Waals surface area (Å²) in [5.74, 6) is -0.347. The van der Waals surface area contributed by atoms with Gasteiger partial charge >= 0.3 is 0 Å². The molecule has 4 nitrogen and oxygen atoms in total. The van der Waals surface area contributed by atoms with Crippen LogP contribution in [0.1, 0.15) is 23.1 Å². The number of hydrogen-bond acceptors (Lipinski definition) is 2. The molecule has 0 unspecified atom stereocenters. The molecule has 2 aromatic carbocycles. The molecule has 2 amide bonds. The molecule has 2 aromatic rings. The van der Waals surface area contributed by atoms with Crippen LogP contribution in [0.5, 0.6) is 0 Å². The van der Waals surface area contributed by atoms with Crippen molar-refractivity contribution in [1.82, 2.24) is 10.2 Å². The Kier molecular flexibility index (Phi) is 5.71. The molecule has 1 aliphatic heterocycles. The smallest absolute Gasteiger partial charge is 0.232 e. The zero-order valence-corrected chi connectivity index (χ0v) is 14.8. The van der Waals surface area contributed by atoms with Crippen molar-refractivity contribution in [3.63, 3.8) is 0 Å². The molecule has 3 rings (SSSR count). The van der Waals surface area contributed by atoms with Gasteiger partial charge in [0, 0.05) is 24.7 Å². The van der Waals surface area contributed by atoms with Crippen LogP contribution in [-0.4, -0.2) is 29.8 Å². The van der Waals surface area contributed by atoms with E-state index in [-0.39, 0.29) is 18.2 Å². The van der Waals surface area contributed by atoms with E-state index >= 15 is 0 Å². The third-order valence-electron chi connectivity index (χ3n) is 4.42. The van der Waals surface area contributed by atoms with E-state index in [1.54, 1.807) is 4.90 Å². The number of benzene rings is 2. The van der Waals surface area contributed by atoms with Gasteiger partial charge in [-0.25, -0.2) is 0 Å². The SMILES string of the molecule is O=C(CC(=O)N1CCc2ccccc2C1)NCCc1cccc(Cl)c1. The molecule has 0 aromatic heterocycles. The standard InChI is InChI=1S/C20H21ClN2O2/c21-18-7-3-4-15(12-18)8-10-22-19(24)13-20(25)23-11-9-16-5-1-2-6-17(16)14-23/h1-7,12H,8-11,13-14H2,(H,22,24). The van der Waals surface area contributed by atoms with E-state index < -0.39 is 0 Å². The Hall–Kier alpha value is -2.33. The van der Waals surface area contributed by atoms with E-state index in [4.69, 9.17) is 11.6 Å². The number of nitrogens with one attached hydrogen (secondary N) is 1. The summed E-state index contributed by atoms with van der Waals surface area (Å²) in [6.45, 7) is 1.76. The van der Waals surface area contributed by atoms with Gasteiger partial charge in [0.15, 0.2) is 0 Å². The van der Waals surface area contributed by atoms with Gasteiger partial charge in [0.1, 0.15) is 6.42 Å². The van der Waals surface area contributed by atoms with Crippen LogP contribution in [0.3, 0.4) is 0 Å². The number of amides is 2. The first-order valence-electron chi connectivity index (χ1n) is 8.47. The average Bonchev–Trinajstić information content (AvgIpc) is 2.61. The van der Waals surface area contributed by atoms with Crippen molar-refractivity contribution >= 4 is 23.4 Å². The first kappa shape index (κ1) is 17.5. The third kappa shape index (κ3) is 4.83. The molecule has 1 N–H and O–H groups in total. The molecule has 5 heteroatoms. The molecule has 0 atom stereocenters. The lowest BCUT2D eigenvalue weighted by Crippen LogP contribution is -2.39. The van der Waals surface area contributed by atoms with Gasteiger partial charge in [0.05, 0.1) is 0 Å².